The van der Waals surface area contributed by atoms with Crippen molar-refractivity contribution in [2.75, 3.05) is 33.5 Å². The van der Waals surface area contributed by atoms with E-state index in [0.29, 0.717) is 37.7 Å². The number of carbonyl (C=O) groups excluding carboxylic acids is 1. The zero-order valence-electron chi connectivity index (χ0n) is 12.1. The third kappa shape index (κ3) is 4.33. The molecule has 0 N–H and O–H groups in total. The summed E-state index contributed by atoms with van der Waals surface area (Å²) in [5.41, 5.74) is 3.86. The Labute approximate surface area is 114 Å². The molecule has 1 aromatic carbocycles. The predicted octanol–water partition coefficient (Wildman–Crippen LogP) is 2.47. The highest BCUT2D eigenvalue weighted by atomic mass is 16.5. The van der Waals surface area contributed by atoms with Gasteiger partial charge in [0.1, 0.15) is 12.4 Å². The predicted molar refractivity (Wildman–Crippen MR) is 74.2 cm³/mol. The van der Waals surface area contributed by atoms with E-state index in [2.05, 4.69) is 0 Å². The topological polar surface area (TPSA) is 44.8 Å². The summed E-state index contributed by atoms with van der Waals surface area (Å²) in [4.78, 5) is 11.1. The van der Waals surface area contributed by atoms with Crippen molar-refractivity contribution in [3.8, 4) is 5.75 Å². The van der Waals surface area contributed by atoms with E-state index in [1.807, 2.05) is 26.8 Å². The maximum Gasteiger partial charge on any atom is 0.153 e. The van der Waals surface area contributed by atoms with Crippen LogP contribution in [0.4, 0.5) is 0 Å². The van der Waals surface area contributed by atoms with Crippen LogP contribution in [-0.2, 0) is 9.47 Å². The lowest BCUT2D eigenvalue weighted by Gasteiger charge is -2.15. The maximum absolute atomic E-state index is 11.1. The Hall–Kier alpha value is -1.39. The molecule has 0 atom stereocenters. The third-order valence-corrected chi connectivity index (χ3v) is 3.16. The van der Waals surface area contributed by atoms with E-state index in [1.165, 1.54) is 0 Å². The molecule has 0 aliphatic carbocycles. The lowest BCUT2D eigenvalue weighted by molar-refractivity contribution is 0.0541. The smallest absolute Gasteiger partial charge is 0.153 e. The minimum Gasteiger partial charge on any atom is -0.490 e. The standard InChI is InChI=1S/C15H22O4/c1-11-9-14(10-16)15(13(3)12(11)2)19-8-7-18-6-5-17-4/h9-10H,5-8H2,1-4H3. The molecule has 0 aromatic heterocycles. The lowest BCUT2D eigenvalue weighted by Crippen LogP contribution is -2.12. The molecule has 0 heterocycles. The van der Waals surface area contributed by atoms with Gasteiger partial charge >= 0.3 is 0 Å². The molecule has 0 amide bonds. The molecule has 4 nitrogen and oxygen atoms in total. The Kier molecular flexibility index (Phi) is 6.53. The summed E-state index contributed by atoms with van der Waals surface area (Å²) >= 11 is 0. The van der Waals surface area contributed by atoms with Crippen LogP contribution in [0.3, 0.4) is 0 Å². The SMILES string of the molecule is COCCOCCOc1c(C=O)cc(C)c(C)c1C. The summed E-state index contributed by atoms with van der Waals surface area (Å²) in [6, 6.07) is 1.86. The van der Waals surface area contributed by atoms with Crippen LogP contribution in [0, 0.1) is 20.8 Å². The molecule has 0 bridgehead atoms. The van der Waals surface area contributed by atoms with Crippen LogP contribution in [0.25, 0.3) is 0 Å². The van der Waals surface area contributed by atoms with Crippen LogP contribution in [0.5, 0.6) is 5.75 Å². The van der Waals surface area contributed by atoms with Gasteiger partial charge in [-0.15, -0.1) is 0 Å². The summed E-state index contributed by atoms with van der Waals surface area (Å²) in [6.45, 7) is 8.01. The van der Waals surface area contributed by atoms with Gasteiger partial charge in [0, 0.05) is 7.11 Å². The molecule has 0 unspecified atom stereocenters. The van der Waals surface area contributed by atoms with Gasteiger partial charge in [-0.05, 0) is 43.5 Å². The summed E-state index contributed by atoms with van der Waals surface area (Å²) in [7, 11) is 1.63. The fourth-order valence-electron chi connectivity index (χ4n) is 1.82. The molecular formula is C15H22O4. The first-order valence-electron chi connectivity index (χ1n) is 6.37. The first-order valence-corrected chi connectivity index (χ1v) is 6.37. The first kappa shape index (κ1) is 15.7. The number of hydrogen-bond acceptors (Lipinski definition) is 4. The molecule has 0 saturated carbocycles. The molecule has 1 rings (SSSR count). The fourth-order valence-corrected chi connectivity index (χ4v) is 1.82. The highest BCUT2D eigenvalue weighted by Crippen LogP contribution is 2.27. The van der Waals surface area contributed by atoms with Crippen LogP contribution in [-0.4, -0.2) is 39.8 Å². The zero-order chi connectivity index (χ0) is 14.3. The van der Waals surface area contributed by atoms with Gasteiger partial charge in [-0.3, -0.25) is 4.79 Å². The number of aldehydes is 1. The van der Waals surface area contributed by atoms with Gasteiger partial charge in [-0.2, -0.15) is 0 Å². The van der Waals surface area contributed by atoms with Gasteiger partial charge in [0.2, 0.25) is 0 Å². The van der Waals surface area contributed by atoms with Crippen LogP contribution >= 0.6 is 0 Å². The number of aryl methyl sites for hydroxylation is 1. The van der Waals surface area contributed by atoms with E-state index in [1.54, 1.807) is 7.11 Å². The van der Waals surface area contributed by atoms with Crippen molar-refractivity contribution in [3.63, 3.8) is 0 Å². The van der Waals surface area contributed by atoms with Gasteiger partial charge in [0.05, 0.1) is 25.4 Å². The summed E-state index contributed by atoms with van der Waals surface area (Å²) < 4.78 is 15.9. The summed E-state index contributed by atoms with van der Waals surface area (Å²) in [6.07, 6.45) is 0.834. The number of carbonyl (C=O) groups is 1. The van der Waals surface area contributed by atoms with Gasteiger partial charge in [0.15, 0.2) is 6.29 Å². The highest BCUT2D eigenvalue weighted by molar-refractivity contribution is 5.81. The van der Waals surface area contributed by atoms with Crippen molar-refractivity contribution < 1.29 is 19.0 Å². The van der Waals surface area contributed by atoms with E-state index in [9.17, 15) is 4.79 Å². The van der Waals surface area contributed by atoms with Crippen molar-refractivity contribution in [2.24, 2.45) is 0 Å². The highest BCUT2D eigenvalue weighted by Gasteiger charge is 2.11. The van der Waals surface area contributed by atoms with E-state index >= 15 is 0 Å². The van der Waals surface area contributed by atoms with Crippen molar-refractivity contribution in [1.82, 2.24) is 0 Å². The molecular weight excluding hydrogens is 244 g/mol. The van der Waals surface area contributed by atoms with Crippen molar-refractivity contribution >= 4 is 6.29 Å². The molecule has 4 heteroatoms. The first-order chi connectivity index (χ1) is 9.11. The fraction of sp³-hybridized carbons (Fsp3) is 0.533. The largest absolute Gasteiger partial charge is 0.490 e. The van der Waals surface area contributed by atoms with E-state index in [4.69, 9.17) is 14.2 Å². The van der Waals surface area contributed by atoms with Crippen LogP contribution in [0.1, 0.15) is 27.0 Å². The number of methoxy groups -OCH3 is 1. The average molecular weight is 266 g/mol. The molecule has 1 aromatic rings. The second-order valence-electron chi connectivity index (χ2n) is 4.43. The summed E-state index contributed by atoms with van der Waals surface area (Å²) in [5, 5.41) is 0. The van der Waals surface area contributed by atoms with Gasteiger partial charge < -0.3 is 14.2 Å². The van der Waals surface area contributed by atoms with E-state index in [-0.39, 0.29) is 0 Å². The number of hydrogen-bond donors (Lipinski definition) is 0. The molecule has 0 aliphatic rings. The van der Waals surface area contributed by atoms with Crippen LogP contribution in [0.15, 0.2) is 6.07 Å². The Bertz CT molecular complexity index is 427. The number of rotatable bonds is 8. The Balaban J connectivity index is 2.62. The Morgan fingerprint density at radius 1 is 1.05 bits per heavy atom. The number of ether oxygens (including phenoxy) is 3. The van der Waals surface area contributed by atoms with Crippen molar-refractivity contribution in [1.29, 1.82) is 0 Å². The quantitative estimate of drug-likeness (QED) is 0.535. The summed E-state index contributed by atoms with van der Waals surface area (Å²) in [5.74, 6) is 0.661. The second-order valence-corrected chi connectivity index (χ2v) is 4.43. The van der Waals surface area contributed by atoms with Crippen LogP contribution < -0.4 is 4.74 Å². The van der Waals surface area contributed by atoms with E-state index < -0.39 is 0 Å². The minimum atomic E-state index is 0.424. The zero-order valence-corrected chi connectivity index (χ0v) is 12.1. The molecule has 0 spiro atoms. The number of benzene rings is 1. The average Bonchev–Trinajstić information content (AvgIpc) is 2.41. The maximum atomic E-state index is 11.1. The van der Waals surface area contributed by atoms with Crippen molar-refractivity contribution in [2.45, 2.75) is 20.8 Å². The minimum absolute atomic E-state index is 0.424. The normalized spacial score (nSPS) is 10.5. The monoisotopic (exact) mass is 266 g/mol. The van der Waals surface area contributed by atoms with Crippen LogP contribution in [0.2, 0.25) is 0 Å². The third-order valence-electron chi connectivity index (χ3n) is 3.16. The van der Waals surface area contributed by atoms with Gasteiger partial charge in [-0.25, -0.2) is 0 Å². The second kappa shape index (κ2) is 7.92. The Morgan fingerprint density at radius 3 is 2.37 bits per heavy atom. The van der Waals surface area contributed by atoms with Gasteiger partial charge in [-0.1, -0.05) is 0 Å². The van der Waals surface area contributed by atoms with Gasteiger partial charge in [0.25, 0.3) is 0 Å². The molecule has 0 saturated heterocycles. The Morgan fingerprint density at radius 2 is 1.74 bits per heavy atom. The molecule has 106 valence electrons. The molecule has 0 fully saturated rings. The van der Waals surface area contributed by atoms with Crippen molar-refractivity contribution in [3.05, 3.63) is 28.3 Å². The molecule has 19 heavy (non-hydrogen) atoms. The van der Waals surface area contributed by atoms with E-state index in [0.717, 1.165) is 23.0 Å². The lowest BCUT2D eigenvalue weighted by atomic mass is 9.99. The molecule has 0 aliphatic heterocycles. The molecule has 0 radical (unpaired) electrons.